The van der Waals surface area contributed by atoms with Crippen molar-refractivity contribution in [3.63, 3.8) is 0 Å². The second-order valence-electron chi connectivity index (χ2n) is 4.12. The molecule has 5 heteroatoms. The summed E-state index contributed by atoms with van der Waals surface area (Å²) in [6.45, 7) is 2.84. The van der Waals surface area contributed by atoms with E-state index in [1.807, 2.05) is 16.8 Å². The van der Waals surface area contributed by atoms with E-state index in [4.69, 9.17) is 4.74 Å². The average molecular weight is 323 g/mol. The number of carbonyl (C=O) groups excluding carboxylic acids is 1. The summed E-state index contributed by atoms with van der Waals surface area (Å²) in [5.41, 5.74) is 0.522. The molecule has 0 unspecified atom stereocenters. The van der Waals surface area contributed by atoms with Gasteiger partial charge in [0.25, 0.3) is 0 Å². The van der Waals surface area contributed by atoms with E-state index in [-0.39, 0.29) is 5.78 Å². The number of hydrogen-bond donors (Lipinski definition) is 0. The fraction of sp³-hybridized carbons (Fsp3) is 0.286. The van der Waals surface area contributed by atoms with E-state index in [0.29, 0.717) is 17.1 Å². The van der Waals surface area contributed by atoms with Crippen molar-refractivity contribution in [3.8, 4) is 5.75 Å². The highest BCUT2D eigenvalue weighted by Gasteiger charge is 2.19. The molecule has 0 bridgehead atoms. The summed E-state index contributed by atoms with van der Waals surface area (Å²) in [6.07, 6.45) is 4.42. The number of benzene rings is 1. The number of rotatable bonds is 5. The Morgan fingerprint density at radius 1 is 1.47 bits per heavy atom. The third-order valence-electron chi connectivity index (χ3n) is 2.79. The molecule has 0 fully saturated rings. The number of methoxy groups -OCH3 is 1. The monoisotopic (exact) mass is 322 g/mol. The first-order valence-electron chi connectivity index (χ1n) is 6.06. The zero-order valence-corrected chi connectivity index (χ0v) is 12.5. The first-order chi connectivity index (χ1) is 9.17. The van der Waals surface area contributed by atoms with Crippen LogP contribution in [-0.2, 0) is 6.54 Å². The molecule has 0 atom stereocenters. The topological polar surface area (TPSA) is 44.1 Å². The van der Waals surface area contributed by atoms with Crippen LogP contribution in [0.5, 0.6) is 5.75 Å². The summed E-state index contributed by atoms with van der Waals surface area (Å²) in [7, 11) is 1.55. The zero-order valence-electron chi connectivity index (χ0n) is 10.9. The van der Waals surface area contributed by atoms with Crippen molar-refractivity contribution in [2.75, 3.05) is 7.11 Å². The third kappa shape index (κ3) is 2.87. The van der Waals surface area contributed by atoms with E-state index >= 15 is 0 Å². The number of ether oxygens (including phenoxy) is 1. The standard InChI is InChI=1S/C14H15BrN2O2/c1-3-7-17-8-6-16-14(17)13(18)11-5-4-10(15)9-12(11)19-2/h4-6,8-9H,3,7H2,1-2H3. The van der Waals surface area contributed by atoms with Crippen molar-refractivity contribution < 1.29 is 9.53 Å². The summed E-state index contributed by atoms with van der Waals surface area (Å²) in [6, 6.07) is 5.35. The van der Waals surface area contributed by atoms with Gasteiger partial charge in [0.15, 0.2) is 5.82 Å². The second kappa shape index (κ2) is 6.02. The Labute approximate surface area is 120 Å². The third-order valence-corrected chi connectivity index (χ3v) is 3.28. The second-order valence-corrected chi connectivity index (χ2v) is 5.03. The Bertz CT molecular complexity index is 593. The smallest absolute Gasteiger partial charge is 0.232 e. The molecule has 0 aliphatic rings. The minimum absolute atomic E-state index is 0.122. The SMILES string of the molecule is CCCn1ccnc1C(=O)c1ccc(Br)cc1OC. The number of hydrogen-bond acceptors (Lipinski definition) is 3. The van der Waals surface area contributed by atoms with E-state index < -0.39 is 0 Å². The van der Waals surface area contributed by atoms with Crippen LogP contribution >= 0.6 is 15.9 Å². The molecule has 0 saturated carbocycles. The van der Waals surface area contributed by atoms with Crippen LogP contribution < -0.4 is 4.74 Å². The molecule has 100 valence electrons. The summed E-state index contributed by atoms with van der Waals surface area (Å²) < 4.78 is 8.00. The van der Waals surface area contributed by atoms with Crippen LogP contribution in [0.3, 0.4) is 0 Å². The minimum atomic E-state index is -0.122. The van der Waals surface area contributed by atoms with Crippen molar-refractivity contribution in [3.05, 3.63) is 46.5 Å². The molecule has 1 aromatic carbocycles. The van der Waals surface area contributed by atoms with Gasteiger partial charge < -0.3 is 9.30 Å². The number of halogens is 1. The lowest BCUT2D eigenvalue weighted by atomic mass is 10.1. The number of imidazole rings is 1. The van der Waals surface area contributed by atoms with Crippen LogP contribution in [0, 0.1) is 0 Å². The molecule has 0 N–H and O–H groups in total. The van der Waals surface area contributed by atoms with Gasteiger partial charge in [-0.25, -0.2) is 4.98 Å². The molecule has 0 spiro atoms. The van der Waals surface area contributed by atoms with Crippen molar-refractivity contribution in [2.24, 2.45) is 0 Å². The van der Waals surface area contributed by atoms with Gasteiger partial charge in [0.1, 0.15) is 5.75 Å². The molecule has 0 amide bonds. The number of carbonyl (C=O) groups is 1. The average Bonchev–Trinajstić information content (AvgIpc) is 2.86. The lowest BCUT2D eigenvalue weighted by Crippen LogP contribution is -2.12. The maximum Gasteiger partial charge on any atom is 0.232 e. The lowest BCUT2D eigenvalue weighted by molar-refractivity contribution is 0.102. The molecule has 4 nitrogen and oxygen atoms in total. The largest absolute Gasteiger partial charge is 0.496 e. The first kappa shape index (κ1) is 13.8. The molecule has 1 aromatic heterocycles. The van der Waals surface area contributed by atoms with Crippen molar-refractivity contribution in [2.45, 2.75) is 19.9 Å². The predicted molar refractivity (Wildman–Crippen MR) is 76.6 cm³/mol. The normalized spacial score (nSPS) is 10.5. The van der Waals surface area contributed by atoms with E-state index in [1.54, 1.807) is 25.4 Å². The van der Waals surface area contributed by atoms with E-state index in [0.717, 1.165) is 17.4 Å². The van der Waals surface area contributed by atoms with E-state index in [9.17, 15) is 4.79 Å². The highest BCUT2D eigenvalue weighted by Crippen LogP contribution is 2.25. The van der Waals surface area contributed by atoms with Gasteiger partial charge >= 0.3 is 0 Å². The molecular weight excluding hydrogens is 308 g/mol. The summed E-state index contributed by atoms with van der Waals surface area (Å²) in [5.74, 6) is 0.871. The predicted octanol–water partition coefficient (Wildman–Crippen LogP) is 3.30. The molecule has 0 aliphatic carbocycles. The van der Waals surface area contributed by atoms with Crippen molar-refractivity contribution >= 4 is 21.7 Å². The van der Waals surface area contributed by atoms with Crippen LogP contribution in [0.1, 0.15) is 29.5 Å². The van der Waals surface area contributed by atoms with Crippen LogP contribution in [0.4, 0.5) is 0 Å². The maximum absolute atomic E-state index is 12.5. The van der Waals surface area contributed by atoms with Gasteiger partial charge in [-0.2, -0.15) is 0 Å². The lowest BCUT2D eigenvalue weighted by Gasteiger charge is -2.09. The Morgan fingerprint density at radius 2 is 2.26 bits per heavy atom. The quantitative estimate of drug-likeness (QED) is 0.793. The highest BCUT2D eigenvalue weighted by atomic mass is 79.9. The summed E-state index contributed by atoms with van der Waals surface area (Å²) in [4.78, 5) is 16.7. The number of ketones is 1. The Kier molecular flexibility index (Phi) is 4.37. The molecule has 0 radical (unpaired) electrons. The molecule has 2 aromatic rings. The minimum Gasteiger partial charge on any atom is -0.496 e. The Hall–Kier alpha value is -1.62. The Morgan fingerprint density at radius 3 is 2.95 bits per heavy atom. The highest BCUT2D eigenvalue weighted by molar-refractivity contribution is 9.10. The van der Waals surface area contributed by atoms with E-state index in [2.05, 4.69) is 27.8 Å². The molecule has 2 rings (SSSR count). The van der Waals surface area contributed by atoms with Crippen LogP contribution in [0.25, 0.3) is 0 Å². The summed E-state index contributed by atoms with van der Waals surface area (Å²) >= 11 is 3.36. The molecule has 0 aliphatic heterocycles. The maximum atomic E-state index is 12.5. The van der Waals surface area contributed by atoms with Gasteiger partial charge in [-0.05, 0) is 24.6 Å². The number of aryl methyl sites for hydroxylation is 1. The van der Waals surface area contributed by atoms with Crippen LogP contribution in [-0.4, -0.2) is 22.4 Å². The molecule has 19 heavy (non-hydrogen) atoms. The van der Waals surface area contributed by atoms with Crippen molar-refractivity contribution in [1.29, 1.82) is 0 Å². The first-order valence-corrected chi connectivity index (χ1v) is 6.86. The zero-order chi connectivity index (χ0) is 13.8. The number of aromatic nitrogens is 2. The fourth-order valence-corrected chi connectivity index (χ4v) is 2.25. The van der Waals surface area contributed by atoms with E-state index in [1.165, 1.54) is 0 Å². The van der Waals surface area contributed by atoms with Gasteiger partial charge in [-0.15, -0.1) is 0 Å². The number of nitrogens with zero attached hydrogens (tertiary/aromatic N) is 2. The summed E-state index contributed by atoms with van der Waals surface area (Å²) in [5, 5.41) is 0. The van der Waals surface area contributed by atoms with Gasteiger partial charge in [0, 0.05) is 23.4 Å². The molecule has 1 heterocycles. The molecular formula is C14H15BrN2O2. The van der Waals surface area contributed by atoms with Crippen molar-refractivity contribution in [1.82, 2.24) is 9.55 Å². The van der Waals surface area contributed by atoms with Gasteiger partial charge in [0.2, 0.25) is 5.78 Å². The fourth-order valence-electron chi connectivity index (χ4n) is 1.91. The molecule has 0 saturated heterocycles. The van der Waals surface area contributed by atoms with Gasteiger partial charge in [0.05, 0.1) is 12.7 Å². The van der Waals surface area contributed by atoms with Crippen LogP contribution in [0.15, 0.2) is 35.1 Å². The van der Waals surface area contributed by atoms with Gasteiger partial charge in [-0.3, -0.25) is 4.79 Å². The Balaban J connectivity index is 2.41. The van der Waals surface area contributed by atoms with Gasteiger partial charge in [-0.1, -0.05) is 22.9 Å². The van der Waals surface area contributed by atoms with Crippen LogP contribution in [0.2, 0.25) is 0 Å².